The smallest absolute Gasteiger partial charge is 0.184 e. The summed E-state index contributed by atoms with van der Waals surface area (Å²) in [5.74, 6) is 0. The monoisotopic (exact) mass is 508 g/mol. The molecule has 4 aromatic carbocycles. The number of hydrogen-bond donors (Lipinski definition) is 0. The highest BCUT2D eigenvalue weighted by atomic mass is 32.2. The molecule has 0 N–H and O–H groups in total. The highest BCUT2D eigenvalue weighted by Gasteiger charge is 2.71. The summed E-state index contributed by atoms with van der Waals surface area (Å²) < 4.78 is 28.1. The SMILES string of the molecule is C=CCCC[C@]1(S(=O)(=O)c2ccccc2)C[C@@H]1[Si](c1ccccc1)(c1ccccc1)c1ccccc1. The third kappa shape index (κ3) is 3.99. The minimum Gasteiger partial charge on any atom is -0.223 e. The lowest BCUT2D eigenvalue weighted by molar-refractivity contribution is 0.561. The summed E-state index contributed by atoms with van der Waals surface area (Å²) in [5.41, 5.74) is 0.0206. The summed E-state index contributed by atoms with van der Waals surface area (Å²) in [6.45, 7) is 3.89. The number of allylic oxidation sites excluding steroid dienone is 1. The van der Waals surface area contributed by atoms with Gasteiger partial charge in [0.2, 0.25) is 0 Å². The van der Waals surface area contributed by atoms with Gasteiger partial charge in [0.05, 0.1) is 9.64 Å². The molecular weight excluding hydrogens is 477 g/mol. The average Bonchev–Trinajstić information content (AvgIpc) is 3.68. The number of unbranched alkanes of at least 4 members (excludes halogenated alkanes) is 1. The van der Waals surface area contributed by atoms with E-state index >= 15 is 0 Å². The van der Waals surface area contributed by atoms with E-state index in [1.807, 2.05) is 42.5 Å². The highest BCUT2D eigenvalue weighted by Crippen LogP contribution is 2.64. The van der Waals surface area contributed by atoms with Crippen molar-refractivity contribution in [1.82, 2.24) is 0 Å². The number of sulfone groups is 1. The molecule has 0 heterocycles. The fraction of sp³-hybridized carbons (Fsp3) is 0.188. The van der Waals surface area contributed by atoms with E-state index in [-0.39, 0.29) is 5.54 Å². The normalized spacial score (nSPS) is 19.5. The van der Waals surface area contributed by atoms with Crippen molar-refractivity contribution in [3.8, 4) is 0 Å². The van der Waals surface area contributed by atoms with Gasteiger partial charge in [-0.1, -0.05) is 115 Å². The van der Waals surface area contributed by atoms with E-state index in [1.165, 1.54) is 15.6 Å². The van der Waals surface area contributed by atoms with Crippen molar-refractivity contribution in [3.63, 3.8) is 0 Å². The summed E-state index contributed by atoms with van der Waals surface area (Å²) >= 11 is 0. The summed E-state index contributed by atoms with van der Waals surface area (Å²) in [6.07, 6.45) is 4.84. The Hall–Kier alpha value is -3.21. The second-order valence-corrected chi connectivity index (χ2v) is 16.1. The van der Waals surface area contributed by atoms with Crippen LogP contribution in [0.4, 0.5) is 0 Å². The van der Waals surface area contributed by atoms with E-state index < -0.39 is 22.7 Å². The Balaban J connectivity index is 1.78. The number of rotatable bonds is 10. The van der Waals surface area contributed by atoms with Crippen LogP contribution in [0.15, 0.2) is 139 Å². The Morgan fingerprint density at radius 2 is 1.14 bits per heavy atom. The first-order chi connectivity index (χ1) is 17.6. The molecule has 0 unspecified atom stereocenters. The third-order valence-electron chi connectivity index (χ3n) is 7.83. The van der Waals surface area contributed by atoms with Crippen LogP contribution in [0.1, 0.15) is 25.7 Å². The molecule has 5 rings (SSSR count). The predicted octanol–water partition coefficient (Wildman–Crippen LogP) is 5.50. The minimum absolute atomic E-state index is 0.0206. The molecule has 2 nitrogen and oxygen atoms in total. The van der Waals surface area contributed by atoms with Crippen molar-refractivity contribution in [2.45, 2.75) is 40.9 Å². The van der Waals surface area contributed by atoms with Crippen LogP contribution in [0.2, 0.25) is 5.54 Å². The lowest BCUT2D eigenvalue weighted by Gasteiger charge is -2.36. The summed E-state index contributed by atoms with van der Waals surface area (Å²) in [4.78, 5) is 0.434. The molecule has 1 aliphatic carbocycles. The average molecular weight is 509 g/mol. The first kappa shape index (κ1) is 24.5. The van der Waals surface area contributed by atoms with E-state index in [9.17, 15) is 8.42 Å². The molecule has 0 spiro atoms. The summed E-state index contributed by atoms with van der Waals surface area (Å²) in [5, 5.41) is 3.80. The van der Waals surface area contributed by atoms with E-state index in [2.05, 4.69) is 79.4 Å². The third-order valence-corrected chi connectivity index (χ3v) is 16.2. The molecule has 1 fully saturated rings. The minimum atomic E-state index is -3.56. The summed E-state index contributed by atoms with van der Waals surface area (Å²) in [7, 11) is -6.30. The fourth-order valence-electron chi connectivity index (χ4n) is 6.13. The lowest BCUT2D eigenvalue weighted by atomic mass is 10.2. The van der Waals surface area contributed by atoms with Crippen LogP contribution in [0.25, 0.3) is 0 Å². The van der Waals surface area contributed by atoms with Crippen molar-refractivity contribution < 1.29 is 8.42 Å². The second-order valence-electron chi connectivity index (χ2n) is 9.72. The van der Waals surface area contributed by atoms with Crippen LogP contribution < -0.4 is 15.6 Å². The topological polar surface area (TPSA) is 34.1 Å². The molecule has 4 aromatic rings. The van der Waals surface area contributed by atoms with Gasteiger partial charge in [-0.25, -0.2) is 8.42 Å². The predicted molar refractivity (Wildman–Crippen MR) is 153 cm³/mol. The Morgan fingerprint density at radius 3 is 1.56 bits per heavy atom. The van der Waals surface area contributed by atoms with Gasteiger partial charge in [-0.2, -0.15) is 0 Å². The molecule has 2 atom stereocenters. The van der Waals surface area contributed by atoms with E-state index in [0.29, 0.717) is 17.7 Å². The zero-order valence-electron chi connectivity index (χ0n) is 20.5. The van der Waals surface area contributed by atoms with Gasteiger partial charge >= 0.3 is 0 Å². The van der Waals surface area contributed by atoms with Crippen molar-refractivity contribution >= 4 is 33.5 Å². The van der Waals surface area contributed by atoms with Crippen LogP contribution in [-0.4, -0.2) is 21.2 Å². The standard InChI is InChI=1S/C32H32O2SSi/c1-2-3-16-25-32(35(33,34)27-17-8-4-9-18-27)26-31(32)36(28-19-10-5-11-20-28,29-21-12-6-13-22-29)30-23-14-7-15-24-30/h2,4-15,17-24,31H,1,3,16,25-26H2/t31-,32-/m0/s1. The van der Waals surface area contributed by atoms with Gasteiger partial charge in [-0.05, 0) is 58.9 Å². The molecule has 0 bridgehead atoms. The zero-order valence-corrected chi connectivity index (χ0v) is 22.3. The van der Waals surface area contributed by atoms with Crippen molar-refractivity contribution in [2.75, 3.05) is 0 Å². The molecule has 0 aliphatic heterocycles. The maximum absolute atomic E-state index is 14.5. The van der Waals surface area contributed by atoms with Crippen molar-refractivity contribution in [3.05, 3.63) is 134 Å². The van der Waals surface area contributed by atoms with Gasteiger partial charge in [0, 0.05) is 0 Å². The van der Waals surface area contributed by atoms with Gasteiger partial charge in [0.15, 0.2) is 17.9 Å². The van der Waals surface area contributed by atoms with E-state index in [4.69, 9.17) is 0 Å². The van der Waals surface area contributed by atoms with Gasteiger partial charge in [-0.15, -0.1) is 6.58 Å². The molecule has 0 radical (unpaired) electrons. The van der Waals surface area contributed by atoms with Crippen LogP contribution in [-0.2, 0) is 9.84 Å². The van der Waals surface area contributed by atoms with Gasteiger partial charge < -0.3 is 0 Å². The largest absolute Gasteiger partial charge is 0.223 e. The number of benzene rings is 4. The molecular formula is C32H32O2SSi. The zero-order chi connectivity index (χ0) is 25.1. The molecule has 182 valence electrons. The lowest BCUT2D eigenvalue weighted by Crippen LogP contribution is -2.69. The number of hydrogen-bond acceptors (Lipinski definition) is 2. The van der Waals surface area contributed by atoms with Gasteiger partial charge in [-0.3, -0.25) is 0 Å². The van der Waals surface area contributed by atoms with E-state index in [0.717, 1.165) is 12.8 Å². The van der Waals surface area contributed by atoms with Crippen LogP contribution in [0.5, 0.6) is 0 Å². The van der Waals surface area contributed by atoms with Crippen molar-refractivity contribution in [1.29, 1.82) is 0 Å². The Morgan fingerprint density at radius 1 is 0.722 bits per heavy atom. The Labute approximate surface area is 216 Å². The maximum Gasteiger partial charge on any atom is 0.184 e. The molecule has 4 heteroatoms. The molecule has 0 aromatic heterocycles. The molecule has 0 amide bonds. The maximum atomic E-state index is 14.5. The fourth-order valence-corrected chi connectivity index (χ4v) is 15.4. The Bertz CT molecular complexity index is 1310. The van der Waals surface area contributed by atoms with E-state index in [1.54, 1.807) is 12.1 Å². The van der Waals surface area contributed by atoms with Crippen LogP contribution in [0, 0.1) is 0 Å². The van der Waals surface area contributed by atoms with Crippen LogP contribution >= 0.6 is 0 Å². The Kier molecular flexibility index (Phi) is 6.83. The van der Waals surface area contributed by atoms with Gasteiger partial charge in [0.25, 0.3) is 0 Å². The molecule has 36 heavy (non-hydrogen) atoms. The molecule has 1 saturated carbocycles. The quantitative estimate of drug-likeness (QED) is 0.123. The van der Waals surface area contributed by atoms with Crippen LogP contribution in [0.3, 0.4) is 0 Å². The molecule has 1 aliphatic rings. The summed E-state index contributed by atoms with van der Waals surface area (Å²) in [6, 6.07) is 41.1. The first-order valence-corrected chi connectivity index (χ1v) is 16.2. The van der Waals surface area contributed by atoms with Crippen molar-refractivity contribution in [2.24, 2.45) is 0 Å². The second kappa shape index (κ2) is 10.0. The van der Waals surface area contributed by atoms with Gasteiger partial charge in [0.1, 0.15) is 0 Å². The first-order valence-electron chi connectivity index (χ1n) is 12.6. The highest BCUT2D eigenvalue weighted by molar-refractivity contribution is 7.93. The molecule has 0 saturated heterocycles.